The first-order valence-corrected chi connectivity index (χ1v) is 4.98. The number of aryl methyl sites for hydroxylation is 1. The maximum atomic E-state index is 5.58. The van der Waals surface area contributed by atoms with Gasteiger partial charge in [-0.3, -0.25) is 0 Å². The van der Waals surface area contributed by atoms with E-state index in [1.807, 2.05) is 26.1 Å². The molecule has 0 aliphatic heterocycles. The molecule has 1 aromatic rings. The lowest BCUT2D eigenvalue weighted by molar-refractivity contribution is 0.415. The molecule has 0 fully saturated rings. The maximum absolute atomic E-state index is 5.58. The van der Waals surface area contributed by atoms with Crippen molar-refractivity contribution in [2.24, 2.45) is 5.73 Å². The Balaban J connectivity index is 2.78. The highest BCUT2D eigenvalue weighted by atomic mass is 16.4. The summed E-state index contributed by atoms with van der Waals surface area (Å²) < 4.78 is 5.56. The van der Waals surface area contributed by atoms with E-state index in [1.54, 1.807) is 0 Å². The topological polar surface area (TPSA) is 42.4 Å². The molecule has 0 aliphatic carbocycles. The first-order chi connectivity index (χ1) is 6.47. The highest BCUT2D eigenvalue weighted by Gasteiger charge is 2.24. The average Bonchev–Trinajstić information content (AvgIpc) is 2.50. The summed E-state index contributed by atoms with van der Waals surface area (Å²) in [6, 6.07) is 3.97. The van der Waals surface area contributed by atoms with E-state index in [9.17, 15) is 0 Å². The first kappa shape index (κ1) is 11.1. The van der Waals surface area contributed by atoms with Gasteiger partial charge in [0.05, 0.1) is 0 Å². The van der Waals surface area contributed by atoms with Crippen LogP contribution in [-0.4, -0.2) is 19.1 Å². The lowest BCUT2D eigenvalue weighted by Crippen LogP contribution is -2.42. The molecule has 1 aromatic heterocycles. The van der Waals surface area contributed by atoms with Crippen LogP contribution in [0.1, 0.15) is 26.0 Å². The van der Waals surface area contributed by atoms with E-state index in [0.29, 0.717) is 6.54 Å². The van der Waals surface area contributed by atoms with Crippen molar-refractivity contribution in [1.82, 2.24) is 0 Å². The van der Waals surface area contributed by atoms with Gasteiger partial charge in [0.25, 0.3) is 0 Å². The van der Waals surface area contributed by atoms with E-state index in [0.717, 1.165) is 18.1 Å². The van der Waals surface area contributed by atoms with Crippen LogP contribution in [0.25, 0.3) is 0 Å². The number of hydrogen-bond donors (Lipinski definition) is 1. The third-order valence-corrected chi connectivity index (χ3v) is 2.72. The number of hydrogen-bond acceptors (Lipinski definition) is 3. The summed E-state index contributed by atoms with van der Waals surface area (Å²) in [7, 11) is 2.04. The van der Waals surface area contributed by atoms with Gasteiger partial charge in [0.15, 0.2) is 5.88 Å². The van der Waals surface area contributed by atoms with Crippen LogP contribution in [0.3, 0.4) is 0 Å². The fourth-order valence-electron chi connectivity index (χ4n) is 1.42. The summed E-state index contributed by atoms with van der Waals surface area (Å²) in [6.07, 6.45) is 0.948. The van der Waals surface area contributed by atoms with E-state index >= 15 is 0 Å². The minimum Gasteiger partial charge on any atom is -0.446 e. The van der Waals surface area contributed by atoms with E-state index in [1.165, 1.54) is 0 Å². The zero-order valence-corrected chi connectivity index (χ0v) is 9.50. The van der Waals surface area contributed by atoms with Gasteiger partial charge in [-0.05, 0) is 39.8 Å². The Morgan fingerprint density at radius 1 is 1.43 bits per heavy atom. The van der Waals surface area contributed by atoms with Gasteiger partial charge in [-0.1, -0.05) is 0 Å². The zero-order chi connectivity index (χ0) is 10.8. The molecule has 0 unspecified atom stereocenters. The third-order valence-electron chi connectivity index (χ3n) is 2.72. The third kappa shape index (κ3) is 2.29. The van der Waals surface area contributed by atoms with Gasteiger partial charge < -0.3 is 15.1 Å². The van der Waals surface area contributed by atoms with Gasteiger partial charge in [-0.25, -0.2) is 0 Å². The summed E-state index contributed by atoms with van der Waals surface area (Å²) in [5.74, 6) is 1.84. The van der Waals surface area contributed by atoms with Crippen LogP contribution in [-0.2, 0) is 0 Å². The molecule has 1 heterocycles. The molecule has 0 saturated heterocycles. The van der Waals surface area contributed by atoms with Crippen LogP contribution in [0.5, 0.6) is 0 Å². The monoisotopic (exact) mass is 196 g/mol. The van der Waals surface area contributed by atoms with Gasteiger partial charge in [-0.15, -0.1) is 0 Å². The van der Waals surface area contributed by atoms with Crippen LogP contribution < -0.4 is 10.6 Å². The highest BCUT2D eigenvalue weighted by molar-refractivity contribution is 5.38. The Hall–Kier alpha value is -0.960. The molecule has 1 rings (SSSR count). The van der Waals surface area contributed by atoms with Gasteiger partial charge in [-0.2, -0.15) is 0 Å². The Kier molecular flexibility index (Phi) is 3.21. The molecule has 0 aromatic carbocycles. The normalized spacial score (nSPS) is 11.8. The Morgan fingerprint density at radius 2 is 2.07 bits per heavy atom. The smallest absolute Gasteiger partial charge is 0.195 e. The minimum atomic E-state index is 0.0407. The Morgan fingerprint density at radius 3 is 2.50 bits per heavy atom. The number of nitrogens with two attached hydrogens (primary N) is 1. The first-order valence-electron chi connectivity index (χ1n) is 4.98. The average molecular weight is 196 g/mol. The van der Waals surface area contributed by atoms with E-state index in [4.69, 9.17) is 10.2 Å². The summed E-state index contributed by atoms with van der Waals surface area (Å²) in [5, 5.41) is 0. The quantitative estimate of drug-likeness (QED) is 0.802. The van der Waals surface area contributed by atoms with Crippen molar-refractivity contribution in [3.63, 3.8) is 0 Å². The fraction of sp³-hybridized carbons (Fsp3) is 0.636. The van der Waals surface area contributed by atoms with Crippen LogP contribution in [0.4, 0.5) is 5.88 Å². The summed E-state index contributed by atoms with van der Waals surface area (Å²) in [6.45, 7) is 6.97. The summed E-state index contributed by atoms with van der Waals surface area (Å²) >= 11 is 0. The molecule has 0 bridgehead atoms. The number of rotatable bonds is 4. The second kappa shape index (κ2) is 4.05. The van der Waals surface area contributed by atoms with Crippen molar-refractivity contribution in [3.05, 3.63) is 17.9 Å². The molecule has 2 N–H and O–H groups in total. The Bertz CT molecular complexity index is 291. The van der Waals surface area contributed by atoms with E-state index in [-0.39, 0.29) is 5.54 Å². The maximum Gasteiger partial charge on any atom is 0.195 e. The predicted molar refractivity (Wildman–Crippen MR) is 59.6 cm³/mol. The van der Waals surface area contributed by atoms with Crippen LogP contribution >= 0.6 is 0 Å². The molecular weight excluding hydrogens is 176 g/mol. The standard InChI is InChI=1S/C11H20N2O/c1-9-5-6-10(14-9)13(4)11(2,3)7-8-12/h5-6H,7-8,12H2,1-4H3. The van der Waals surface area contributed by atoms with Gasteiger partial charge in [0, 0.05) is 18.7 Å². The van der Waals surface area contributed by atoms with Crippen LogP contribution in [0.2, 0.25) is 0 Å². The highest BCUT2D eigenvalue weighted by Crippen LogP contribution is 2.25. The van der Waals surface area contributed by atoms with E-state index in [2.05, 4.69) is 18.7 Å². The molecule has 0 aliphatic rings. The van der Waals surface area contributed by atoms with Crippen molar-refractivity contribution in [2.45, 2.75) is 32.7 Å². The molecule has 14 heavy (non-hydrogen) atoms. The molecule has 80 valence electrons. The molecular formula is C11H20N2O. The zero-order valence-electron chi connectivity index (χ0n) is 9.50. The van der Waals surface area contributed by atoms with Crippen molar-refractivity contribution in [2.75, 3.05) is 18.5 Å². The van der Waals surface area contributed by atoms with Gasteiger partial charge >= 0.3 is 0 Å². The number of nitrogens with zero attached hydrogens (tertiary/aromatic N) is 1. The van der Waals surface area contributed by atoms with Gasteiger partial charge in [0.1, 0.15) is 5.76 Å². The molecule has 0 amide bonds. The molecule has 0 atom stereocenters. The SMILES string of the molecule is Cc1ccc(N(C)C(C)(C)CCN)o1. The largest absolute Gasteiger partial charge is 0.446 e. The van der Waals surface area contributed by atoms with Crippen LogP contribution in [0, 0.1) is 6.92 Å². The molecule has 0 saturated carbocycles. The van der Waals surface area contributed by atoms with Crippen molar-refractivity contribution in [3.8, 4) is 0 Å². The predicted octanol–water partition coefficient (Wildman–Crippen LogP) is 2.15. The summed E-state index contributed by atoms with van der Waals surface area (Å²) in [4.78, 5) is 2.13. The van der Waals surface area contributed by atoms with E-state index < -0.39 is 0 Å². The van der Waals surface area contributed by atoms with Gasteiger partial charge in [0.2, 0.25) is 0 Å². The second-order valence-corrected chi connectivity index (χ2v) is 4.29. The van der Waals surface area contributed by atoms with Crippen molar-refractivity contribution < 1.29 is 4.42 Å². The molecule has 3 nitrogen and oxygen atoms in total. The van der Waals surface area contributed by atoms with Crippen molar-refractivity contribution >= 4 is 5.88 Å². The molecule has 0 spiro atoms. The molecule has 3 heteroatoms. The Labute approximate surface area is 85.9 Å². The van der Waals surface area contributed by atoms with Crippen LogP contribution in [0.15, 0.2) is 16.5 Å². The molecule has 0 radical (unpaired) electrons. The number of anilines is 1. The van der Waals surface area contributed by atoms with Crippen molar-refractivity contribution in [1.29, 1.82) is 0 Å². The minimum absolute atomic E-state index is 0.0407. The number of furan rings is 1. The second-order valence-electron chi connectivity index (χ2n) is 4.29. The summed E-state index contributed by atoms with van der Waals surface area (Å²) in [5.41, 5.74) is 5.62. The fourth-order valence-corrected chi connectivity index (χ4v) is 1.42. The lowest BCUT2D eigenvalue weighted by atomic mass is 9.99. The lowest BCUT2D eigenvalue weighted by Gasteiger charge is -2.35.